The molecule has 0 bridgehead atoms. The lowest BCUT2D eigenvalue weighted by atomic mass is 10.3. The maximum Gasteiger partial charge on any atom is 0.374 e. The zero-order valence-corrected chi connectivity index (χ0v) is 10.9. The third-order valence-corrected chi connectivity index (χ3v) is 3.43. The van der Waals surface area contributed by atoms with Gasteiger partial charge in [0, 0.05) is 13.0 Å². The van der Waals surface area contributed by atoms with E-state index >= 15 is 0 Å². The summed E-state index contributed by atoms with van der Waals surface area (Å²) >= 11 is 0. The molecule has 0 aliphatic heterocycles. The number of nitrogens with one attached hydrogen (secondary N) is 1. The minimum Gasteiger partial charge on any atom is -0.481 e. The maximum absolute atomic E-state index is 11.7. The Labute approximate surface area is 109 Å². The molecule has 0 atom stereocenters. The first-order valence-corrected chi connectivity index (χ1v) is 6.75. The highest BCUT2D eigenvalue weighted by Gasteiger charge is 2.21. The van der Waals surface area contributed by atoms with E-state index in [9.17, 15) is 18.0 Å². The zero-order valence-electron chi connectivity index (χ0n) is 10.1. The normalized spacial score (nSPS) is 11.2. The van der Waals surface area contributed by atoms with Crippen molar-refractivity contribution < 1.29 is 32.3 Å². The molecule has 1 aromatic rings. The minimum atomic E-state index is -3.90. The van der Waals surface area contributed by atoms with E-state index in [1.165, 1.54) is 6.07 Å². The number of carbonyl (C=O) groups excluding carboxylic acids is 1. The van der Waals surface area contributed by atoms with Crippen LogP contribution >= 0.6 is 0 Å². The van der Waals surface area contributed by atoms with E-state index in [1.807, 2.05) is 0 Å². The molecular formula is C10H13NO7S. The number of carbonyl (C=O) groups is 2. The summed E-state index contributed by atoms with van der Waals surface area (Å²) in [5.41, 5.74) is 0. The summed E-state index contributed by atoms with van der Waals surface area (Å²) in [6.45, 7) is -0.0388. The number of aliphatic carboxylic acids is 1. The van der Waals surface area contributed by atoms with E-state index in [0.29, 0.717) is 0 Å². The smallest absolute Gasteiger partial charge is 0.374 e. The van der Waals surface area contributed by atoms with E-state index in [0.717, 1.165) is 13.2 Å². The van der Waals surface area contributed by atoms with Crippen molar-refractivity contribution in [3.8, 4) is 0 Å². The van der Waals surface area contributed by atoms with Crippen LogP contribution in [0.3, 0.4) is 0 Å². The Morgan fingerprint density at radius 2 is 2.11 bits per heavy atom. The number of carboxylic acid groups (broad SMARTS) is 1. The maximum atomic E-state index is 11.7. The number of hydrogen-bond donors (Lipinski definition) is 2. The summed E-state index contributed by atoms with van der Waals surface area (Å²) in [5, 5.41) is 7.98. The summed E-state index contributed by atoms with van der Waals surface area (Å²) in [4.78, 5) is 21.4. The van der Waals surface area contributed by atoms with Gasteiger partial charge in [-0.25, -0.2) is 17.9 Å². The zero-order chi connectivity index (χ0) is 14.5. The number of sulfonamides is 1. The average Bonchev–Trinajstić information content (AvgIpc) is 2.84. The van der Waals surface area contributed by atoms with Crippen LogP contribution in [0.1, 0.15) is 23.4 Å². The number of rotatable bonds is 7. The van der Waals surface area contributed by atoms with Gasteiger partial charge < -0.3 is 14.3 Å². The number of carboxylic acids is 1. The van der Waals surface area contributed by atoms with Crippen LogP contribution in [0.2, 0.25) is 0 Å². The van der Waals surface area contributed by atoms with E-state index < -0.39 is 27.1 Å². The molecule has 0 amide bonds. The molecule has 2 N–H and O–H groups in total. The van der Waals surface area contributed by atoms with Gasteiger partial charge >= 0.3 is 11.9 Å². The fourth-order valence-corrected chi connectivity index (χ4v) is 2.19. The largest absolute Gasteiger partial charge is 0.481 e. The van der Waals surface area contributed by atoms with Crippen molar-refractivity contribution in [3.63, 3.8) is 0 Å². The van der Waals surface area contributed by atoms with Crippen LogP contribution in [0.15, 0.2) is 21.6 Å². The lowest BCUT2D eigenvalue weighted by Gasteiger charge is -2.02. The van der Waals surface area contributed by atoms with E-state index in [2.05, 4.69) is 9.46 Å². The topological polar surface area (TPSA) is 123 Å². The number of hydrogen-bond acceptors (Lipinski definition) is 6. The summed E-state index contributed by atoms with van der Waals surface area (Å²) in [6, 6.07) is 2.30. The Balaban J connectivity index is 2.64. The second-order valence-corrected chi connectivity index (χ2v) is 5.20. The molecule has 1 aromatic heterocycles. The quantitative estimate of drug-likeness (QED) is 0.543. The molecule has 0 spiro atoms. The molecule has 0 aliphatic carbocycles. The molecule has 8 nitrogen and oxygen atoms in total. The van der Waals surface area contributed by atoms with Crippen LogP contribution in [0.5, 0.6) is 0 Å². The van der Waals surface area contributed by atoms with E-state index in [4.69, 9.17) is 9.52 Å². The van der Waals surface area contributed by atoms with Crippen molar-refractivity contribution in [3.05, 3.63) is 17.9 Å². The molecule has 9 heteroatoms. The Bertz CT molecular complexity index is 560. The van der Waals surface area contributed by atoms with Gasteiger partial charge in [0.25, 0.3) is 10.0 Å². The van der Waals surface area contributed by atoms with Crippen molar-refractivity contribution in [2.75, 3.05) is 13.7 Å². The number of esters is 1. The Hall–Kier alpha value is -1.87. The second kappa shape index (κ2) is 6.34. The predicted octanol–water partition coefficient (Wildman–Crippen LogP) is 0.209. The van der Waals surface area contributed by atoms with Gasteiger partial charge in [0.1, 0.15) is 0 Å². The number of ether oxygens (including phenoxy) is 1. The molecule has 0 radical (unpaired) electrons. The van der Waals surface area contributed by atoms with Gasteiger partial charge in [-0.3, -0.25) is 4.79 Å². The number of furan rings is 1. The Kier molecular flexibility index (Phi) is 5.07. The molecule has 0 aromatic carbocycles. The molecule has 19 heavy (non-hydrogen) atoms. The lowest BCUT2D eigenvalue weighted by molar-refractivity contribution is -0.137. The van der Waals surface area contributed by atoms with Crippen LogP contribution in [0.4, 0.5) is 0 Å². The molecule has 0 fully saturated rings. The van der Waals surface area contributed by atoms with Crippen LogP contribution in [0.25, 0.3) is 0 Å². The van der Waals surface area contributed by atoms with Crippen molar-refractivity contribution >= 4 is 22.0 Å². The van der Waals surface area contributed by atoms with Gasteiger partial charge in [-0.2, -0.15) is 0 Å². The third kappa shape index (κ3) is 4.38. The van der Waals surface area contributed by atoms with Gasteiger partial charge in [-0.15, -0.1) is 0 Å². The number of methoxy groups -OCH3 is 1. The first-order chi connectivity index (χ1) is 8.86. The summed E-state index contributed by atoms with van der Waals surface area (Å²) < 4.78 is 34.8. The predicted molar refractivity (Wildman–Crippen MR) is 62.1 cm³/mol. The highest BCUT2D eigenvalue weighted by atomic mass is 32.2. The van der Waals surface area contributed by atoms with Crippen LogP contribution in [0, 0.1) is 0 Å². The SMILES string of the molecule is COC(=O)c1ccc(S(=O)(=O)NCCCC(=O)O)o1. The van der Waals surface area contributed by atoms with Gasteiger partial charge in [-0.1, -0.05) is 0 Å². The monoisotopic (exact) mass is 291 g/mol. The van der Waals surface area contributed by atoms with Crippen LogP contribution < -0.4 is 4.72 Å². The van der Waals surface area contributed by atoms with Crippen molar-refractivity contribution in [1.29, 1.82) is 0 Å². The summed E-state index contributed by atoms with van der Waals surface area (Å²) in [5.74, 6) is -2.02. The molecule has 1 rings (SSSR count). The second-order valence-electron chi connectivity index (χ2n) is 3.51. The molecule has 0 unspecified atom stereocenters. The lowest BCUT2D eigenvalue weighted by Crippen LogP contribution is -2.24. The van der Waals surface area contributed by atoms with Crippen molar-refractivity contribution in [2.45, 2.75) is 17.9 Å². The Morgan fingerprint density at radius 1 is 1.42 bits per heavy atom. The van der Waals surface area contributed by atoms with Gasteiger partial charge in [0.15, 0.2) is 0 Å². The third-order valence-electron chi connectivity index (χ3n) is 2.09. The van der Waals surface area contributed by atoms with E-state index in [-0.39, 0.29) is 25.1 Å². The minimum absolute atomic E-state index is 0.0388. The molecule has 106 valence electrons. The first kappa shape index (κ1) is 15.2. The van der Waals surface area contributed by atoms with Crippen molar-refractivity contribution in [2.24, 2.45) is 0 Å². The summed E-state index contributed by atoms with van der Waals surface area (Å²) in [7, 11) is -2.75. The molecule has 0 aliphatic rings. The van der Waals surface area contributed by atoms with Crippen LogP contribution in [-0.4, -0.2) is 39.1 Å². The fraction of sp³-hybridized carbons (Fsp3) is 0.400. The highest BCUT2D eigenvalue weighted by Crippen LogP contribution is 2.14. The molecule has 1 heterocycles. The molecule has 0 saturated heterocycles. The van der Waals surface area contributed by atoms with Gasteiger partial charge in [0.05, 0.1) is 7.11 Å². The van der Waals surface area contributed by atoms with Gasteiger partial charge in [0.2, 0.25) is 10.9 Å². The summed E-state index contributed by atoms with van der Waals surface area (Å²) in [6.07, 6.45) is 0.00716. The van der Waals surface area contributed by atoms with E-state index in [1.54, 1.807) is 0 Å². The van der Waals surface area contributed by atoms with Crippen LogP contribution in [-0.2, 0) is 19.6 Å². The fourth-order valence-electron chi connectivity index (χ4n) is 1.19. The molecule has 0 saturated carbocycles. The average molecular weight is 291 g/mol. The highest BCUT2D eigenvalue weighted by molar-refractivity contribution is 7.89. The van der Waals surface area contributed by atoms with Gasteiger partial charge in [-0.05, 0) is 18.6 Å². The first-order valence-electron chi connectivity index (χ1n) is 5.26. The Morgan fingerprint density at radius 3 is 2.68 bits per heavy atom. The standard InChI is InChI=1S/C10H13NO7S/c1-17-10(14)7-4-5-9(18-7)19(15,16)11-6-2-3-8(12)13/h4-5,11H,2-3,6H2,1H3,(H,12,13). The molecular weight excluding hydrogens is 278 g/mol. The van der Waals surface area contributed by atoms with Crippen molar-refractivity contribution in [1.82, 2.24) is 4.72 Å².